The van der Waals surface area contributed by atoms with Gasteiger partial charge in [0, 0.05) is 0 Å². The van der Waals surface area contributed by atoms with Crippen LogP contribution in [0.25, 0.3) is 0 Å². The maximum absolute atomic E-state index is 5.53. The Kier molecular flexibility index (Phi) is 3.98. The molecule has 0 spiro atoms. The summed E-state index contributed by atoms with van der Waals surface area (Å²) in [5, 5.41) is 0. The van der Waals surface area contributed by atoms with E-state index in [1.54, 1.807) is 0 Å². The Bertz CT molecular complexity index is 174. The molecule has 0 aliphatic heterocycles. The number of rotatable bonds is 6. The van der Waals surface area contributed by atoms with E-state index >= 15 is 0 Å². The molecule has 0 bridgehead atoms. The molecule has 1 aliphatic carbocycles. The average molecular weight is 181 g/mol. The van der Waals surface area contributed by atoms with Crippen molar-refractivity contribution >= 4 is 0 Å². The lowest BCUT2D eigenvalue weighted by atomic mass is 9.91. The lowest BCUT2D eigenvalue weighted by molar-refractivity contribution is 0.371. The molecule has 1 rings (SSSR count). The van der Waals surface area contributed by atoms with Gasteiger partial charge in [0.1, 0.15) is 0 Å². The summed E-state index contributed by atoms with van der Waals surface area (Å²) in [6.45, 7) is 9.50. The minimum absolute atomic E-state index is 0.798. The van der Waals surface area contributed by atoms with E-state index in [2.05, 4.69) is 20.4 Å². The Hall–Kier alpha value is -0.300. The summed E-state index contributed by atoms with van der Waals surface area (Å²) in [7, 11) is 0. The van der Waals surface area contributed by atoms with E-state index in [4.69, 9.17) is 5.73 Å². The molecule has 0 saturated heterocycles. The van der Waals surface area contributed by atoms with Crippen LogP contribution in [0, 0.1) is 17.8 Å². The van der Waals surface area contributed by atoms with E-state index in [0.717, 1.165) is 24.3 Å². The predicted octanol–water partition coefficient (Wildman–Crippen LogP) is 2.96. The first-order valence-corrected chi connectivity index (χ1v) is 5.51. The Morgan fingerprint density at radius 2 is 2.08 bits per heavy atom. The van der Waals surface area contributed by atoms with E-state index in [1.807, 2.05) is 0 Å². The second kappa shape index (κ2) is 4.80. The first kappa shape index (κ1) is 10.8. The number of allylic oxidation sites excluding steroid dienone is 1. The molecule has 0 radical (unpaired) electrons. The third-order valence-corrected chi connectivity index (χ3v) is 3.08. The molecule has 1 unspecified atom stereocenters. The highest BCUT2D eigenvalue weighted by Crippen LogP contribution is 2.41. The van der Waals surface area contributed by atoms with Crippen molar-refractivity contribution in [3.8, 4) is 0 Å². The van der Waals surface area contributed by atoms with Gasteiger partial charge >= 0.3 is 0 Å². The molecule has 0 aromatic rings. The summed E-state index contributed by atoms with van der Waals surface area (Å²) in [6.07, 6.45) is 5.15. The fraction of sp³-hybridized carbons (Fsp3) is 0.833. The Balaban J connectivity index is 2.09. The van der Waals surface area contributed by atoms with Gasteiger partial charge in [-0.1, -0.05) is 26.0 Å². The fourth-order valence-corrected chi connectivity index (χ4v) is 2.18. The Morgan fingerprint density at radius 1 is 1.46 bits per heavy atom. The van der Waals surface area contributed by atoms with Gasteiger partial charge in [-0.2, -0.15) is 0 Å². The highest BCUT2D eigenvalue weighted by Gasteiger charge is 2.28. The van der Waals surface area contributed by atoms with Gasteiger partial charge in [-0.05, 0) is 50.0 Å². The minimum Gasteiger partial charge on any atom is -0.330 e. The molecule has 0 aromatic heterocycles. The molecule has 1 aliphatic rings. The van der Waals surface area contributed by atoms with E-state index in [1.165, 1.54) is 31.3 Å². The van der Waals surface area contributed by atoms with E-state index in [9.17, 15) is 0 Å². The summed E-state index contributed by atoms with van der Waals surface area (Å²) in [5.41, 5.74) is 7.00. The highest BCUT2D eigenvalue weighted by molar-refractivity contribution is 5.18. The molecule has 0 amide bonds. The molecule has 1 heteroatoms. The summed E-state index contributed by atoms with van der Waals surface area (Å²) in [6, 6.07) is 0. The lowest BCUT2D eigenvalue weighted by Crippen LogP contribution is -2.09. The quantitative estimate of drug-likeness (QED) is 0.626. The predicted molar refractivity (Wildman–Crippen MR) is 58.5 cm³/mol. The van der Waals surface area contributed by atoms with Gasteiger partial charge in [-0.25, -0.2) is 0 Å². The van der Waals surface area contributed by atoms with Gasteiger partial charge in [0.25, 0.3) is 0 Å². The Morgan fingerprint density at radius 3 is 2.54 bits per heavy atom. The largest absolute Gasteiger partial charge is 0.330 e. The van der Waals surface area contributed by atoms with Crippen molar-refractivity contribution < 1.29 is 0 Å². The molecule has 1 nitrogen and oxygen atoms in total. The van der Waals surface area contributed by atoms with Crippen molar-refractivity contribution in [1.29, 1.82) is 0 Å². The molecule has 13 heavy (non-hydrogen) atoms. The van der Waals surface area contributed by atoms with Crippen LogP contribution in [0.4, 0.5) is 0 Å². The minimum atomic E-state index is 0.798. The zero-order chi connectivity index (χ0) is 9.84. The topological polar surface area (TPSA) is 26.0 Å². The van der Waals surface area contributed by atoms with E-state index in [-0.39, 0.29) is 0 Å². The average Bonchev–Trinajstić information content (AvgIpc) is 2.65. The number of nitrogens with two attached hydrogens (primary N) is 1. The monoisotopic (exact) mass is 181 g/mol. The molecule has 1 fully saturated rings. The molecule has 0 heterocycles. The molecular weight excluding hydrogens is 158 g/mol. The van der Waals surface area contributed by atoms with Gasteiger partial charge in [-0.15, -0.1) is 0 Å². The van der Waals surface area contributed by atoms with Crippen LogP contribution in [-0.2, 0) is 0 Å². The summed E-state index contributed by atoms with van der Waals surface area (Å²) in [4.78, 5) is 0. The molecule has 2 N–H and O–H groups in total. The molecule has 0 aromatic carbocycles. The number of hydrogen-bond donors (Lipinski definition) is 1. The van der Waals surface area contributed by atoms with Crippen molar-refractivity contribution in [1.82, 2.24) is 0 Å². The van der Waals surface area contributed by atoms with Crippen molar-refractivity contribution in [2.24, 2.45) is 23.5 Å². The summed E-state index contributed by atoms with van der Waals surface area (Å²) < 4.78 is 0. The zero-order valence-electron chi connectivity index (χ0n) is 9.05. The third-order valence-electron chi connectivity index (χ3n) is 3.08. The maximum atomic E-state index is 5.53. The third kappa shape index (κ3) is 3.95. The standard InChI is InChI=1S/C12H23N/c1-9(4-5-13)6-10(2)7-12-8-11(12)3/h9-10,12H,3-8,13H2,1-2H3/t9-,10-,12?/m0/s1. The van der Waals surface area contributed by atoms with Gasteiger partial charge in [-0.3, -0.25) is 0 Å². The second-order valence-corrected chi connectivity index (χ2v) is 4.82. The van der Waals surface area contributed by atoms with Crippen LogP contribution in [0.1, 0.15) is 39.5 Å². The van der Waals surface area contributed by atoms with Crippen LogP contribution in [-0.4, -0.2) is 6.54 Å². The molecule has 1 saturated carbocycles. The fourth-order valence-electron chi connectivity index (χ4n) is 2.18. The van der Waals surface area contributed by atoms with Gasteiger partial charge in [0.2, 0.25) is 0 Å². The van der Waals surface area contributed by atoms with E-state index in [0.29, 0.717) is 0 Å². The van der Waals surface area contributed by atoms with Crippen LogP contribution in [0.15, 0.2) is 12.2 Å². The lowest BCUT2D eigenvalue weighted by Gasteiger charge is -2.15. The van der Waals surface area contributed by atoms with Gasteiger partial charge < -0.3 is 5.73 Å². The van der Waals surface area contributed by atoms with Gasteiger partial charge in [0.05, 0.1) is 0 Å². The number of hydrogen-bond acceptors (Lipinski definition) is 1. The normalized spacial score (nSPS) is 25.8. The zero-order valence-corrected chi connectivity index (χ0v) is 9.05. The summed E-state index contributed by atoms with van der Waals surface area (Å²) >= 11 is 0. The SMILES string of the molecule is C=C1CC1C[C@@H](C)C[C@@H](C)CCN. The van der Waals surface area contributed by atoms with Gasteiger partial charge in [0.15, 0.2) is 0 Å². The van der Waals surface area contributed by atoms with Crippen molar-refractivity contribution in [2.75, 3.05) is 6.54 Å². The smallest absolute Gasteiger partial charge is 0.00747 e. The first-order valence-electron chi connectivity index (χ1n) is 5.51. The van der Waals surface area contributed by atoms with Crippen molar-refractivity contribution in [3.63, 3.8) is 0 Å². The maximum Gasteiger partial charge on any atom is -0.00747 e. The van der Waals surface area contributed by atoms with Crippen LogP contribution >= 0.6 is 0 Å². The van der Waals surface area contributed by atoms with Crippen LogP contribution in [0.5, 0.6) is 0 Å². The van der Waals surface area contributed by atoms with Crippen molar-refractivity contribution in [3.05, 3.63) is 12.2 Å². The molecule has 76 valence electrons. The molecule has 3 atom stereocenters. The van der Waals surface area contributed by atoms with Crippen LogP contribution in [0.3, 0.4) is 0 Å². The Labute approximate surface area is 82.4 Å². The van der Waals surface area contributed by atoms with Crippen LogP contribution < -0.4 is 5.73 Å². The summed E-state index contributed by atoms with van der Waals surface area (Å²) in [5.74, 6) is 2.51. The first-order chi connectivity index (χ1) is 6.13. The van der Waals surface area contributed by atoms with Crippen LogP contribution in [0.2, 0.25) is 0 Å². The van der Waals surface area contributed by atoms with Crippen molar-refractivity contribution in [2.45, 2.75) is 39.5 Å². The second-order valence-electron chi connectivity index (χ2n) is 4.82. The highest BCUT2D eigenvalue weighted by atomic mass is 14.5. The van der Waals surface area contributed by atoms with E-state index < -0.39 is 0 Å². The molecular formula is C12H23N.